The number of aliphatic hydroxyl groups excluding tert-OH is 1. The summed E-state index contributed by atoms with van der Waals surface area (Å²) in [7, 11) is 0. The van der Waals surface area contributed by atoms with E-state index in [-0.39, 0.29) is 6.61 Å². The van der Waals surface area contributed by atoms with Crippen molar-refractivity contribution < 1.29 is 9.84 Å². The van der Waals surface area contributed by atoms with Crippen LogP contribution in [0.15, 0.2) is 24.3 Å². The topological polar surface area (TPSA) is 29.5 Å². The van der Waals surface area contributed by atoms with Crippen LogP contribution in [-0.2, 0) is 11.3 Å². The van der Waals surface area contributed by atoms with Gasteiger partial charge in [-0.1, -0.05) is 50.2 Å². The molecule has 108 valence electrons. The molecule has 1 aliphatic carbocycles. The molecule has 2 nitrogen and oxygen atoms in total. The summed E-state index contributed by atoms with van der Waals surface area (Å²) in [5.41, 5.74) is 2.10. The number of ether oxygens (including phenoxy) is 1. The van der Waals surface area contributed by atoms with E-state index in [2.05, 4.69) is 24.8 Å². The van der Waals surface area contributed by atoms with Gasteiger partial charge in [-0.2, -0.15) is 0 Å². The lowest BCUT2D eigenvalue weighted by Crippen LogP contribution is -2.22. The van der Waals surface area contributed by atoms with Gasteiger partial charge in [0, 0.05) is 5.56 Å². The zero-order valence-corrected chi connectivity index (χ0v) is 12.3. The van der Waals surface area contributed by atoms with Crippen LogP contribution in [0.2, 0.25) is 0 Å². The Hall–Kier alpha value is -1.30. The Morgan fingerprint density at radius 2 is 2.25 bits per heavy atom. The molecule has 2 rings (SSSR count). The standard InChI is InChI=1S/C18H24O2/c1-2-15-6-4-10-18(13-15)20-14-17-8-3-7-16(12-17)9-5-11-19/h3,7-8,12,15,18-19H,2,4,6,10-11,13-14H2,1H3. The molecule has 0 heterocycles. The first kappa shape index (κ1) is 15.1. The largest absolute Gasteiger partial charge is 0.384 e. The summed E-state index contributed by atoms with van der Waals surface area (Å²) in [6, 6.07) is 8.07. The van der Waals surface area contributed by atoms with Gasteiger partial charge in [-0.15, -0.1) is 0 Å². The third-order valence-corrected chi connectivity index (χ3v) is 4.04. The van der Waals surface area contributed by atoms with Gasteiger partial charge < -0.3 is 9.84 Å². The van der Waals surface area contributed by atoms with Crippen LogP contribution in [-0.4, -0.2) is 17.8 Å². The van der Waals surface area contributed by atoms with Gasteiger partial charge in [0.1, 0.15) is 6.61 Å². The van der Waals surface area contributed by atoms with E-state index >= 15 is 0 Å². The van der Waals surface area contributed by atoms with E-state index < -0.39 is 0 Å². The van der Waals surface area contributed by atoms with Crippen molar-refractivity contribution in [1.29, 1.82) is 0 Å². The second-order valence-electron chi connectivity index (χ2n) is 5.53. The Bertz CT molecular complexity index is 470. The molecule has 2 atom stereocenters. The molecule has 0 saturated heterocycles. The fourth-order valence-electron chi connectivity index (χ4n) is 2.86. The zero-order valence-electron chi connectivity index (χ0n) is 12.3. The Morgan fingerprint density at radius 3 is 3.05 bits per heavy atom. The van der Waals surface area contributed by atoms with E-state index in [0.717, 1.165) is 17.0 Å². The van der Waals surface area contributed by atoms with Gasteiger partial charge in [-0.05, 0) is 36.5 Å². The smallest absolute Gasteiger partial charge is 0.104 e. The molecule has 0 aromatic heterocycles. The number of hydrogen-bond acceptors (Lipinski definition) is 2. The third-order valence-electron chi connectivity index (χ3n) is 4.04. The SMILES string of the molecule is CCC1CCCC(OCc2cccc(C#CCO)c2)C1. The van der Waals surface area contributed by atoms with Crippen LogP contribution in [0.4, 0.5) is 0 Å². The number of benzene rings is 1. The molecule has 0 spiro atoms. The predicted molar refractivity (Wildman–Crippen MR) is 81.2 cm³/mol. The summed E-state index contributed by atoms with van der Waals surface area (Å²) < 4.78 is 6.06. The lowest BCUT2D eigenvalue weighted by Gasteiger charge is -2.28. The summed E-state index contributed by atoms with van der Waals surface area (Å²) in [6.45, 7) is 2.84. The lowest BCUT2D eigenvalue weighted by molar-refractivity contribution is 0.00176. The minimum Gasteiger partial charge on any atom is -0.384 e. The molecule has 0 radical (unpaired) electrons. The van der Waals surface area contributed by atoms with Crippen LogP contribution >= 0.6 is 0 Å². The maximum atomic E-state index is 8.72. The highest BCUT2D eigenvalue weighted by atomic mass is 16.5. The number of aliphatic hydroxyl groups is 1. The minimum atomic E-state index is -0.0960. The monoisotopic (exact) mass is 272 g/mol. The van der Waals surface area contributed by atoms with E-state index in [1.54, 1.807) is 0 Å². The van der Waals surface area contributed by atoms with Gasteiger partial charge in [-0.3, -0.25) is 0 Å². The average molecular weight is 272 g/mol. The fourth-order valence-corrected chi connectivity index (χ4v) is 2.86. The minimum absolute atomic E-state index is 0.0960. The van der Waals surface area contributed by atoms with E-state index in [1.807, 2.05) is 18.2 Å². The highest BCUT2D eigenvalue weighted by Gasteiger charge is 2.21. The van der Waals surface area contributed by atoms with Gasteiger partial charge in [-0.25, -0.2) is 0 Å². The van der Waals surface area contributed by atoms with Crippen molar-refractivity contribution in [2.75, 3.05) is 6.61 Å². The molecule has 1 fully saturated rings. The van der Waals surface area contributed by atoms with Crippen LogP contribution in [0.1, 0.15) is 50.2 Å². The molecule has 2 unspecified atom stereocenters. The van der Waals surface area contributed by atoms with Crippen molar-refractivity contribution in [3.63, 3.8) is 0 Å². The Labute approximate surface area is 122 Å². The molecule has 1 N–H and O–H groups in total. The van der Waals surface area contributed by atoms with Gasteiger partial charge in [0.25, 0.3) is 0 Å². The highest BCUT2D eigenvalue weighted by molar-refractivity contribution is 5.36. The average Bonchev–Trinajstić information content (AvgIpc) is 2.51. The van der Waals surface area contributed by atoms with Crippen molar-refractivity contribution in [3.8, 4) is 11.8 Å². The predicted octanol–water partition coefficient (Wildman–Crippen LogP) is 3.52. The summed E-state index contributed by atoms with van der Waals surface area (Å²) in [6.07, 6.45) is 6.75. The first-order valence-electron chi connectivity index (χ1n) is 7.62. The maximum absolute atomic E-state index is 8.72. The molecule has 20 heavy (non-hydrogen) atoms. The van der Waals surface area contributed by atoms with E-state index in [0.29, 0.717) is 12.7 Å². The summed E-state index contributed by atoms with van der Waals surface area (Å²) in [5.74, 6) is 6.45. The molecule has 2 heteroatoms. The molecular weight excluding hydrogens is 248 g/mol. The molecule has 0 aliphatic heterocycles. The molecular formula is C18H24O2. The fraction of sp³-hybridized carbons (Fsp3) is 0.556. The van der Waals surface area contributed by atoms with Crippen LogP contribution in [0, 0.1) is 17.8 Å². The first-order valence-corrected chi connectivity index (χ1v) is 7.62. The van der Waals surface area contributed by atoms with Crippen LogP contribution in [0.3, 0.4) is 0 Å². The van der Waals surface area contributed by atoms with E-state index in [9.17, 15) is 0 Å². The van der Waals surface area contributed by atoms with Crippen molar-refractivity contribution >= 4 is 0 Å². The zero-order chi connectivity index (χ0) is 14.2. The molecule has 0 amide bonds. The summed E-state index contributed by atoms with van der Waals surface area (Å²) in [4.78, 5) is 0. The highest BCUT2D eigenvalue weighted by Crippen LogP contribution is 2.28. The van der Waals surface area contributed by atoms with Crippen LogP contribution < -0.4 is 0 Å². The van der Waals surface area contributed by atoms with Crippen molar-refractivity contribution in [1.82, 2.24) is 0 Å². The van der Waals surface area contributed by atoms with Crippen molar-refractivity contribution in [2.24, 2.45) is 5.92 Å². The Morgan fingerprint density at radius 1 is 1.35 bits per heavy atom. The lowest BCUT2D eigenvalue weighted by atomic mass is 9.85. The van der Waals surface area contributed by atoms with Crippen LogP contribution in [0.25, 0.3) is 0 Å². The Kier molecular flexibility index (Phi) is 6.11. The molecule has 1 saturated carbocycles. The first-order chi connectivity index (χ1) is 9.81. The summed E-state index contributed by atoms with van der Waals surface area (Å²) in [5, 5.41) is 8.72. The normalized spacial score (nSPS) is 22.1. The van der Waals surface area contributed by atoms with Crippen LogP contribution in [0.5, 0.6) is 0 Å². The van der Waals surface area contributed by atoms with Gasteiger partial charge in [0.15, 0.2) is 0 Å². The van der Waals surface area contributed by atoms with Crippen molar-refractivity contribution in [2.45, 2.75) is 51.7 Å². The second kappa shape index (κ2) is 8.09. The molecule has 1 aromatic rings. The number of hydrogen-bond donors (Lipinski definition) is 1. The second-order valence-corrected chi connectivity index (χ2v) is 5.53. The summed E-state index contributed by atoms with van der Waals surface area (Å²) >= 11 is 0. The molecule has 0 bridgehead atoms. The van der Waals surface area contributed by atoms with Gasteiger partial charge in [0.05, 0.1) is 12.7 Å². The Balaban J connectivity index is 1.87. The van der Waals surface area contributed by atoms with Gasteiger partial charge in [0.2, 0.25) is 0 Å². The molecule has 1 aliphatic rings. The van der Waals surface area contributed by atoms with E-state index in [1.165, 1.54) is 32.1 Å². The quantitative estimate of drug-likeness (QED) is 0.850. The van der Waals surface area contributed by atoms with Gasteiger partial charge >= 0.3 is 0 Å². The van der Waals surface area contributed by atoms with Crippen molar-refractivity contribution in [3.05, 3.63) is 35.4 Å². The molecule has 1 aromatic carbocycles. The third kappa shape index (κ3) is 4.67. The maximum Gasteiger partial charge on any atom is 0.104 e. The number of rotatable bonds is 4. The van der Waals surface area contributed by atoms with E-state index in [4.69, 9.17) is 9.84 Å².